The van der Waals surface area contributed by atoms with E-state index in [0.717, 1.165) is 55.2 Å². The van der Waals surface area contributed by atoms with Crippen molar-refractivity contribution >= 4 is 57.3 Å². The second-order valence-corrected chi connectivity index (χ2v) is 10.5. The Bertz CT molecular complexity index is 1360. The summed E-state index contributed by atoms with van der Waals surface area (Å²) in [5.41, 5.74) is 2.94. The third-order valence-electron chi connectivity index (χ3n) is 6.42. The second-order valence-electron chi connectivity index (χ2n) is 9.04. The molecule has 1 fully saturated rings. The largest absolute Gasteiger partial charge is 0.487 e. The van der Waals surface area contributed by atoms with Gasteiger partial charge in [0.25, 0.3) is 5.91 Å². The number of aryl methyl sites for hydroxylation is 1. The van der Waals surface area contributed by atoms with E-state index in [1.807, 2.05) is 36.1 Å². The normalized spacial score (nSPS) is 18.6. The third kappa shape index (κ3) is 5.62. The van der Waals surface area contributed by atoms with Crippen molar-refractivity contribution in [3.05, 3.63) is 69.8 Å². The summed E-state index contributed by atoms with van der Waals surface area (Å²) >= 11 is 7.62. The SMILES string of the molecule is Cc1ccccc1COc1ccc(C=C2C(=N)N3N=C(CC(=O)N4CCCCC4)SC3=NC2=O)cc1Cl. The number of nitrogens with one attached hydrogen (secondary N) is 1. The maximum atomic E-state index is 12.8. The first-order valence-corrected chi connectivity index (χ1v) is 13.3. The van der Waals surface area contributed by atoms with E-state index in [0.29, 0.717) is 33.2 Å². The number of carbonyl (C=O) groups excluding carboxylic acids is 2. The number of amidine groups is 2. The highest BCUT2D eigenvalue weighted by Gasteiger charge is 2.36. The van der Waals surface area contributed by atoms with Crippen molar-refractivity contribution in [2.75, 3.05) is 13.1 Å². The molecule has 0 radical (unpaired) electrons. The molecule has 1 saturated heterocycles. The van der Waals surface area contributed by atoms with Crippen LogP contribution in [0.3, 0.4) is 0 Å². The first kappa shape index (κ1) is 25.2. The summed E-state index contributed by atoms with van der Waals surface area (Å²) in [4.78, 5) is 31.4. The maximum Gasteiger partial charge on any atom is 0.283 e. The lowest BCUT2D eigenvalue weighted by atomic mass is 10.1. The Morgan fingerprint density at radius 2 is 1.97 bits per heavy atom. The lowest BCUT2D eigenvalue weighted by Crippen LogP contribution is -2.36. The van der Waals surface area contributed by atoms with Gasteiger partial charge in [-0.3, -0.25) is 15.0 Å². The Hall–Kier alpha value is -3.43. The first-order valence-electron chi connectivity index (χ1n) is 12.1. The first-order chi connectivity index (χ1) is 17.9. The number of benzene rings is 2. The number of amides is 2. The molecule has 10 heteroatoms. The monoisotopic (exact) mass is 535 g/mol. The van der Waals surface area contributed by atoms with Gasteiger partial charge in [0.2, 0.25) is 11.1 Å². The quantitative estimate of drug-likeness (QED) is 0.509. The molecule has 0 spiro atoms. The van der Waals surface area contributed by atoms with Gasteiger partial charge >= 0.3 is 0 Å². The molecule has 2 aromatic rings. The number of carbonyl (C=O) groups is 2. The number of likely N-dealkylation sites (tertiary alicyclic amines) is 1. The zero-order valence-corrected chi connectivity index (χ0v) is 21.9. The molecule has 5 rings (SSSR count). The summed E-state index contributed by atoms with van der Waals surface area (Å²) in [5, 5.41) is 15.5. The minimum Gasteiger partial charge on any atom is -0.487 e. The van der Waals surface area contributed by atoms with Crippen molar-refractivity contribution in [2.24, 2.45) is 10.1 Å². The van der Waals surface area contributed by atoms with Crippen LogP contribution in [0.5, 0.6) is 5.75 Å². The van der Waals surface area contributed by atoms with E-state index in [1.165, 1.54) is 5.01 Å². The lowest BCUT2D eigenvalue weighted by molar-refractivity contribution is -0.130. The summed E-state index contributed by atoms with van der Waals surface area (Å²) < 4.78 is 5.89. The number of nitrogens with zero attached hydrogens (tertiary/aromatic N) is 4. The van der Waals surface area contributed by atoms with Crippen LogP contribution in [0.2, 0.25) is 5.02 Å². The number of thioether (sulfide) groups is 1. The molecule has 0 unspecified atom stereocenters. The predicted octanol–water partition coefficient (Wildman–Crippen LogP) is 5.25. The van der Waals surface area contributed by atoms with Gasteiger partial charge in [0, 0.05) is 13.1 Å². The van der Waals surface area contributed by atoms with E-state index < -0.39 is 5.91 Å². The molecule has 0 atom stereocenters. The highest BCUT2D eigenvalue weighted by Crippen LogP contribution is 2.31. The Balaban J connectivity index is 1.28. The van der Waals surface area contributed by atoms with Crippen molar-refractivity contribution in [1.29, 1.82) is 5.41 Å². The maximum absolute atomic E-state index is 12.8. The van der Waals surface area contributed by atoms with E-state index in [9.17, 15) is 9.59 Å². The summed E-state index contributed by atoms with van der Waals surface area (Å²) in [6.45, 7) is 3.95. The minimum absolute atomic E-state index is 0.0133. The molecule has 0 saturated carbocycles. The van der Waals surface area contributed by atoms with Crippen molar-refractivity contribution in [1.82, 2.24) is 9.91 Å². The number of aliphatic imine (C=N–C) groups is 1. The molecule has 0 aromatic heterocycles. The number of fused-ring (bicyclic) bond motifs is 1. The Morgan fingerprint density at radius 1 is 1.19 bits per heavy atom. The van der Waals surface area contributed by atoms with Crippen LogP contribution >= 0.6 is 23.4 Å². The molecule has 3 aliphatic heterocycles. The number of hydrazone groups is 1. The van der Waals surface area contributed by atoms with Gasteiger partial charge in [0.1, 0.15) is 17.4 Å². The van der Waals surface area contributed by atoms with E-state index in [1.54, 1.807) is 24.3 Å². The van der Waals surface area contributed by atoms with Crippen LogP contribution in [-0.4, -0.2) is 50.9 Å². The average Bonchev–Trinajstić information content (AvgIpc) is 3.29. The molecule has 3 heterocycles. The van der Waals surface area contributed by atoms with Gasteiger partial charge in [-0.05, 0) is 72.8 Å². The zero-order chi connectivity index (χ0) is 25.9. The standard InChI is InChI=1S/C27H26ClN5O3S/c1-17-7-3-4-8-19(17)16-36-22-10-9-18(14-21(22)28)13-20-25(29)33-27(30-26(20)35)37-23(31-33)15-24(34)32-11-5-2-6-12-32/h3-4,7-10,13-14,29H,2,5-6,11-12,15-16H2,1H3. The van der Waals surface area contributed by atoms with E-state index in [-0.39, 0.29) is 23.7 Å². The van der Waals surface area contributed by atoms with Gasteiger partial charge < -0.3 is 9.64 Å². The third-order valence-corrected chi connectivity index (χ3v) is 7.62. The minimum atomic E-state index is -0.529. The second kappa shape index (κ2) is 10.9. The van der Waals surface area contributed by atoms with Crippen LogP contribution in [-0.2, 0) is 16.2 Å². The molecular formula is C27H26ClN5O3S. The molecule has 3 aliphatic rings. The average molecular weight is 536 g/mol. The van der Waals surface area contributed by atoms with Crippen LogP contribution in [0.4, 0.5) is 0 Å². The molecule has 2 aromatic carbocycles. The van der Waals surface area contributed by atoms with E-state index in [4.69, 9.17) is 21.7 Å². The van der Waals surface area contributed by atoms with Crippen LogP contribution in [0.25, 0.3) is 6.08 Å². The summed E-state index contributed by atoms with van der Waals surface area (Å²) in [6.07, 6.45) is 4.88. The van der Waals surface area contributed by atoms with Crippen molar-refractivity contribution < 1.29 is 14.3 Å². The van der Waals surface area contributed by atoms with Crippen LogP contribution < -0.4 is 4.74 Å². The molecule has 0 aliphatic carbocycles. The fourth-order valence-electron chi connectivity index (χ4n) is 4.31. The molecule has 37 heavy (non-hydrogen) atoms. The fourth-order valence-corrected chi connectivity index (χ4v) is 5.43. The number of hydrogen-bond acceptors (Lipinski definition) is 6. The Morgan fingerprint density at radius 3 is 2.73 bits per heavy atom. The topological polar surface area (TPSA) is 98.4 Å². The molecule has 190 valence electrons. The Kier molecular flexibility index (Phi) is 7.43. The predicted molar refractivity (Wildman–Crippen MR) is 147 cm³/mol. The fraction of sp³-hybridized carbons (Fsp3) is 0.296. The summed E-state index contributed by atoms with van der Waals surface area (Å²) in [5.74, 6) is -0.0714. The molecule has 8 nitrogen and oxygen atoms in total. The lowest BCUT2D eigenvalue weighted by Gasteiger charge is -2.26. The van der Waals surface area contributed by atoms with Gasteiger partial charge in [-0.15, -0.1) is 0 Å². The van der Waals surface area contributed by atoms with Gasteiger partial charge in [0.05, 0.1) is 17.0 Å². The van der Waals surface area contributed by atoms with Crippen molar-refractivity contribution in [3.8, 4) is 5.75 Å². The molecule has 2 amide bonds. The zero-order valence-electron chi connectivity index (χ0n) is 20.4. The van der Waals surface area contributed by atoms with Crippen LogP contribution in [0, 0.1) is 12.3 Å². The number of halogens is 1. The van der Waals surface area contributed by atoms with Crippen LogP contribution in [0.15, 0.2) is 58.1 Å². The smallest absolute Gasteiger partial charge is 0.283 e. The highest BCUT2D eigenvalue weighted by molar-refractivity contribution is 8.27. The van der Waals surface area contributed by atoms with Gasteiger partial charge in [-0.25, -0.2) is 0 Å². The van der Waals surface area contributed by atoms with Crippen molar-refractivity contribution in [3.63, 3.8) is 0 Å². The molecular weight excluding hydrogens is 510 g/mol. The van der Waals surface area contributed by atoms with Gasteiger partial charge in [0.15, 0.2) is 5.84 Å². The number of ether oxygens (including phenoxy) is 1. The van der Waals surface area contributed by atoms with E-state index in [2.05, 4.69) is 10.1 Å². The van der Waals surface area contributed by atoms with E-state index >= 15 is 0 Å². The Labute approximate surface area is 224 Å². The van der Waals surface area contributed by atoms with Gasteiger partial charge in [-0.1, -0.05) is 41.9 Å². The molecule has 0 bridgehead atoms. The number of piperidine rings is 1. The number of rotatable bonds is 6. The van der Waals surface area contributed by atoms with Crippen molar-refractivity contribution in [2.45, 2.75) is 39.2 Å². The number of hydrogen-bond donors (Lipinski definition) is 1. The van der Waals surface area contributed by atoms with Crippen LogP contribution in [0.1, 0.15) is 42.4 Å². The highest BCUT2D eigenvalue weighted by atomic mass is 35.5. The molecule has 1 N–H and O–H groups in total. The van der Waals surface area contributed by atoms with Gasteiger partial charge in [-0.2, -0.15) is 15.1 Å². The summed E-state index contributed by atoms with van der Waals surface area (Å²) in [7, 11) is 0. The summed E-state index contributed by atoms with van der Waals surface area (Å²) in [6, 6.07) is 13.2.